The van der Waals surface area contributed by atoms with Gasteiger partial charge in [0, 0.05) is 36.1 Å². The van der Waals surface area contributed by atoms with Crippen LogP contribution < -0.4 is 15.4 Å². The molecule has 222 valence electrons. The van der Waals surface area contributed by atoms with E-state index in [1.807, 2.05) is 55.5 Å². The van der Waals surface area contributed by atoms with Crippen LogP contribution >= 0.6 is 45.3 Å². The summed E-state index contributed by atoms with van der Waals surface area (Å²) in [6, 6.07) is 24.2. The Morgan fingerprint density at radius 1 is 0.659 bits per heavy atom. The monoisotopic (exact) mass is 675 g/mol. The fourth-order valence-electron chi connectivity index (χ4n) is 4.96. The normalized spacial score (nSPS) is 12.0. The molecule has 0 aliphatic rings. The van der Waals surface area contributed by atoms with E-state index in [1.54, 1.807) is 22.7 Å². The molecule has 0 aliphatic heterocycles. The van der Waals surface area contributed by atoms with E-state index in [1.165, 1.54) is 40.9 Å². The highest BCUT2D eigenvalue weighted by atomic mass is 32.2. The third-order valence-corrected chi connectivity index (χ3v) is 13.5. The van der Waals surface area contributed by atoms with Gasteiger partial charge in [-0.15, -0.1) is 45.3 Å². The van der Waals surface area contributed by atoms with Gasteiger partial charge in [-0.2, -0.15) is 0 Å². The number of sulfonamides is 1. The number of fused-ring (bicyclic) bond motifs is 6. The molecule has 2 amide bonds. The van der Waals surface area contributed by atoms with E-state index in [0.29, 0.717) is 28.4 Å². The van der Waals surface area contributed by atoms with E-state index in [9.17, 15) is 18.0 Å². The highest BCUT2D eigenvalue weighted by Crippen LogP contribution is 2.41. The summed E-state index contributed by atoms with van der Waals surface area (Å²) in [4.78, 5) is 28.0. The third-order valence-electron chi connectivity index (χ3n) is 7.17. The second kappa shape index (κ2) is 11.7. The quantitative estimate of drug-likeness (QED) is 0.133. The minimum atomic E-state index is -3.83. The molecule has 0 radical (unpaired) electrons. The largest absolute Gasteiger partial charge is 0.319 e. The van der Waals surface area contributed by atoms with Crippen LogP contribution in [0, 0.1) is 0 Å². The zero-order chi connectivity index (χ0) is 30.4. The van der Waals surface area contributed by atoms with Crippen LogP contribution in [0.2, 0.25) is 0 Å². The van der Waals surface area contributed by atoms with Gasteiger partial charge in [-0.3, -0.25) is 9.59 Å². The van der Waals surface area contributed by atoms with Crippen LogP contribution in [0.15, 0.2) is 83.8 Å². The zero-order valence-corrected chi connectivity index (χ0v) is 27.4. The van der Waals surface area contributed by atoms with E-state index in [0.717, 1.165) is 45.4 Å². The molecular weight excluding hydrogens is 651 g/mol. The first-order valence-corrected chi connectivity index (χ1v) is 18.6. The first-order chi connectivity index (χ1) is 21.3. The summed E-state index contributed by atoms with van der Waals surface area (Å²) in [5.41, 5.74) is 0.508. The predicted molar refractivity (Wildman–Crippen MR) is 187 cm³/mol. The third kappa shape index (κ3) is 5.42. The number of hydrogen-bond donors (Lipinski definition) is 3. The summed E-state index contributed by atoms with van der Waals surface area (Å²) in [5, 5.41) is 8.00. The lowest BCUT2D eigenvalue weighted by molar-refractivity contribution is 0.102. The Balaban J connectivity index is 1.21. The maximum absolute atomic E-state index is 13.5. The molecule has 0 unspecified atom stereocenters. The van der Waals surface area contributed by atoms with Crippen molar-refractivity contribution < 1.29 is 18.0 Å². The summed E-state index contributed by atoms with van der Waals surface area (Å²) in [5.74, 6) is -0.715. The van der Waals surface area contributed by atoms with Crippen LogP contribution in [0.3, 0.4) is 0 Å². The van der Waals surface area contributed by atoms with E-state index in [4.69, 9.17) is 0 Å². The SMILES string of the molecule is CCCCNS(=O)(=O)c1ccc(NC(=O)c2cc3sc4ccccc4c3s2)c(NC(=O)c2cc3sc4ccccc4c3s2)c1. The molecule has 0 saturated heterocycles. The van der Waals surface area contributed by atoms with Gasteiger partial charge in [0.05, 0.1) is 35.4 Å². The first-order valence-electron chi connectivity index (χ1n) is 13.9. The first kappa shape index (κ1) is 29.1. The molecule has 0 saturated carbocycles. The number of thiophene rings is 4. The lowest BCUT2D eigenvalue weighted by Crippen LogP contribution is -2.25. The predicted octanol–water partition coefficient (Wildman–Crippen LogP) is 9.13. The molecule has 0 atom stereocenters. The van der Waals surface area contributed by atoms with Crippen molar-refractivity contribution in [2.75, 3.05) is 17.2 Å². The highest BCUT2D eigenvalue weighted by Gasteiger charge is 2.21. The van der Waals surface area contributed by atoms with Crippen LogP contribution in [0.4, 0.5) is 11.4 Å². The number of unbranched alkanes of at least 4 members (excludes halogenated alkanes) is 1. The number of benzene rings is 3. The Morgan fingerprint density at radius 3 is 1.77 bits per heavy atom. The topological polar surface area (TPSA) is 104 Å². The average Bonchev–Trinajstić information content (AvgIpc) is 3.77. The van der Waals surface area contributed by atoms with E-state index >= 15 is 0 Å². The molecule has 0 aliphatic carbocycles. The van der Waals surface area contributed by atoms with Crippen molar-refractivity contribution in [1.29, 1.82) is 0 Å². The van der Waals surface area contributed by atoms with Crippen molar-refractivity contribution in [2.24, 2.45) is 0 Å². The van der Waals surface area contributed by atoms with Gasteiger partial charge in [-0.1, -0.05) is 49.7 Å². The van der Waals surface area contributed by atoms with Crippen molar-refractivity contribution in [3.8, 4) is 0 Å². The second-order valence-electron chi connectivity index (χ2n) is 10.2. The van der Waals surface area contributed by atoms with Gasteiger partial charge >= 0.3 is 0 Å². The summed E-state index contributed by atoms with van der Waals surface area (Å²) >= 11 is 6.05. The van der Waals surface area contributed by atoms with E-state index < -0.39 is 10.0 Å². The molecule has 44 heavy (non-hydrogen) atoms. The van der Waals surface area contributed by atoms with Gasteiger partial charge in [0.25, 0.3) is 11.8 Å². The van der Waals surface area contributed by atoms with Gasteiger partial charge in [-0.05, 0) is 48.9 Å². The van der Waals surface area contributed by atoms with Gasteiger partial charge in [0.1, 0.15) is 0 Å². The summed E-state index contributed by atoms with van der Waals surface area (Å²) in [6.07, 6.45) is 1.55. The second-order valence-corrected chi connectivity index (χ2v) is 16.2. The van der Waals surface area contributed by atoms with Crippen LogP contribution in [-0.2, 0) is 10.0 Å². The highest BCUT2D eigenvalue weighted by molar-refractivity contribution is 7.89. The number of hydrogen-bond acceptors (Lipinski definition) is 8. The summed E-state index contributed by atoms with van der Waals surface area (Å²) in [6.45, 7) is 2.29. The molecule has 12 heteroatoms. The van der Waals surface area contributed by atoms with Crippen LogP contribution in [-0.4, -0.2) is 26.8 Å². The molecule has 0 spiro atoms. The van der Waals surface area contributed by atoms with Gasteiger partial charge < -0.3 is 10.6 Å². The smallest absolute Gasteiger partial charge is 0.265 e. The number of carbonyl (C=O) groups is 2. The summed E-state index contributed by atoms with van der Waals surface area (Å²) in [7, 11) is -3.83. The number of amides is 2. The van der Waals surface area contributed by atoms with Crippen LogP contribution in [0.25, 0.3) is 39.0 Å². The molecule has 0 bridgehead atoms. The number of carbonyl (C=O) groups excluding carboxylic acids is 2. The molecule has 4 heterocycles. The zero-order valence-electron chi connectivity index (χ0n) is 23.3. The standard InChI is InChI=1S/C32H25N3O4S5/c1-2-3-14-33-44(38,39)18-12-13-21(34-31(36)27-16-25-29(42-27)19-8-4-6-10-23(19)40-25)22(15-18)35-32(37)28-17-26-30(43-28)20-9-5-7-11-24(20)41-26/h4-13,15-17,33H,2-3,14H2,1H3,(H,34,36)(H,35,37). The van der Waals surface area contributed by atoms with Gasteiger partial charge in [0.2, 0.25) is 10.0 Å². The molecule has 4 aromatic heterocycles. The molecular formula is C32H25N3O4S5. The Bertz CT molecular complexity index is 2330. The van der Waals surface area contributed by atoms with Gasteiger partial charge in [-0.25, -0.2) is 13.1 Å². The minimum absolute atomic E-state index is 0.00293. The van der Waals surface area contributed by atoms with E-state index in [2.05, 4.69) is 27.5 Å². The molecule has 0 fully saturated rings. The number of anilines is 2. The van der Waals surface area contributed by atoms with Crippen molar-refractivity contribution in [3.05, 3.63) is 88.6 Å². The fourth-order valence-corrected chi connectivity index (χ4v) is 10.9. The number of nitrogens with one attached hydrogen (secondary N) is 3. The molecule has 7 aromatic rings. The maximum Gasteiger partial charge on any atom is 0.265 e. The Morgan fingerprint density at radius 2 is 1.20 bits per heavy atom. The Labute approximate surface area is 269 Å². The molecule has 3 aromatic carbocycles. The average molecular weight is 676 g/mol. The van der Waals surface area contributed by atoms with Crippen molar-refractivity contribution in [2.45, 2.75) is 24.7 Å². The van der Waals surface area contributed by atoms with Gasteiger partial charge in [0.15, 0.2) is 0 Å². The Hall–Kier alpha value is -3.65. The molecule has 7 nitrogen and oxygen atoms in total. The Kier molecular flexibility index (Phi) is 7.73. The lowest BCUT2D eigenvalue weighted by atomic mass is 10.2. The molecule has 3 N–H and O–H groups in total. The fraction of sp³-hybridized carbons (Fsp3) is 0.125. The van der Waals surface area contributed by atoms with E-state index in [-0.39, 0.29) is 22.4 Å². The summed E-state index contributed by atoms with van der Waals surface area (Å²) < 4.78 is 35.1. The van der Waals surface area contributed by atoms with Crippen molar-refractivity contribution >= 4 is 118 Å². The maximum atomic E-state index is 13.5. The van der Waals surface area contributed by atoms with Crippen LogP contribution in [0.1, 0.15) is 39.1 Å². The minimum Gasteiger partial charge on any atom is -0.319 e. The number of rotatable bonds is 9. The molecule has 7 rings (SSSR count). The van der Waals surface area contributed by atoms with Crippen molar-refractivity contribution in [3.63, 3.8) is 0 Å². The van der Waals surface area contributed by atoms with Crippen LogP contribution in [0.5, 0.6) is 0 Å². The van der Waals surface area contributed by atoms with Crippen molar-refractivity contribution in [1.82, 2.24) is 4.72 Å². The lowest BCUT2D eigenvalue weighted by Gasteiger charge is -2.14.